The number of ether oxygens (including phenoxy) is 1. The van der Waals surface area contributed by atoms with E-state index in [0.717, 1.165) is 50.6 Å². The molecule has 2 aliphatic heterocycles. The van der Waals surface area contributed by atoms with Crippen LogP contribution in [0.2, 0.25) is 0 Å². The van der Waals surface area contributed by atoms with Crippen LogP contribution in [0.15, 0.2) is 6.33 Å². The number of hydrogen-bond acceptors (Lipinski definition) is 6. The number of piperidine rings is 1. The van der Waals surface area contributed by atoms with Crippen molar-refractivity contribution >= 4 is 17.3 Å². The third-order valence-corrected chi connectivity index (χ3v) is 4.75. The van der Waals surface area contributed by atoms with E-state index in [-0.39, 0.29) is 6.10 Å². The van der Waals surface area contributed by atoms with E-state index >= 15 is 0 Å². The molecule has 2 fully saturated rings. The molecule has 0 saturated carbocycles. The van der Waals surface area contributed by atoms with Crippen LogP contribution in [0.4, 0.5) is 17.3 Å². The van der Waals surface area contributed by atoms with Gasteiger partial charge in [0.15, 0.2) is 11.6 Å². The molecule has 2 unspecified atom stereocenters. The minimum absolute atomic E-state index is 0.274. The standard InChI is InChI=1S/C16H27N5O/c1-2-12-6-3-4-8-21(12)16-14(17)15(19-11-20-16)18-10-13-7-5-9-22-13/h11-13H,2-10,17H2,1H3,(H,18,19,20). The highest BCUT2D eigenvalue weighted by Crippen LogP contribution is 2.32. The van der Waals surface area contributed by atoms with E-state index in [1.807, 2.05) is 0 Å². The van der Waals surface area contributed by atoms with Crippen molar-refractivity contribution in [2.45, 2.75) is 57.6 Å². The molecule has 2 aliphatic rings. The van der Waals surface area contributed by atoms with Crippen molar-refractivity contribution in [3.8, 4) is 0 Å². The highest BCUT2D eigenvalue weighted by molar-refractivity contribution is 5.75. The normalized spacial score (nSPS) is 25.4. The van der Waals surface area contributed by atoms with Gasteiger partial charge in [-0.15, -0.1) is 0 Å². The van der Waals surface area contributed by atoms with Gasteiger partial charge in [-0.2, -0.15) is 0 Å². The van der Waals surface area contributed by atoms with Crippen molar-refractivity contribution in [2.24, 2.45) is 0 Å². The van der Waals surface area contributed by atoms with Gasteiger partial charge in [-0.05, 0) is 38.5 Å². The number of hydrogen-bond donors (Lipinski definition) is 2. The van der Waals surface area contributed by atoms with Gasteiger partial charge in [0.05, 0.1) is 6.10 Å². The molecule has 1 aromatic rings. The van der Waals surface area contributed by atoms with E-state index in [9.17, 15) is 0 Å². The topological polar surface area (TPSA) is 76.3 Å². The fraction of sp³-hybridized carbons (Fsp3) is 0.750. The summed E-state index contributed by atoms with van der Waals surface area (Å²) >= 11 is 0. The van der Waals surface area contributed by atoms with Crippen molar-refractivity contribution in [1.29, 1.82) is 0 Å². The summed E-state index contributed by atoms with van der Waals surface area (Å²) in [5.74, 6) is 1.62. The van der Waals surface area contributed by atoms with E-state index in [2.05, 4.69) is 27.1 Å². The van der Waals surface area contributed by atoms with Gasteiger partial charge in [0, 0.05) is 25.7 Å². The molecule has 0 aromatic carbocycles. The molecule has 0 aliphatic carbocycles. The summed E-state index contributed by atoms with van der Waals surface area (Å²) in [5, 5.41) is 3.34. The van der Waals surface area contributed by atoms with Crippen LogP contribution in [0.5, 0.6) is 0 Å². The zero-order valence-corrected chi connectivity index (χ0v) is 13.4. The molecule has 1 aromatic heterocycles. The number of nitrogen functional groups attached to an aromatic ring is 1. The van der Waals surface area contributed by atoms with Gasteiger partial charge in [-0.3, -0.25) is 0 Å². The first-order chi connectivity index (χ1) is 10.8. The number of nitrogens with one attached hydrogen (secondary N) is 1. The molecule has 22 heavy (non-hydrogen) atoms. The summed E-state index contributed by atoms with van der Waals surface area (Å²) in [6.45, 7) is 4.89. The first-order valence-corrected chi connectivity index (χ1v) is 8.52. The number of aromatic nitrogens is 2. The van der Waals surface area contributed by atoms with Crippen molar-refractivity contribution < 1.29 is 4.74 Å². The van der Waals surface area contributed by atoms with Crippen molar-refractivity contribution in [2.75, 3.05) is 35.6 Å². The molecular formula is C16H27N5O. The van der Waals surface area contributed by atoms with Crippen LogP contribution in [0.25, 0.3) is 0 Å². The maximum absolute atomic E-state index is 6.35. The summed E-state index contributed by atoms with van der Waals surface area (Å²) in [7, 11) is 0. The van der Waals surface area contributed by atoms with Crippen LogP contribution in [-0.4, -0.2) is 41.8 Å². The largest absolute Gasteiger partial charge is 0.393 e. The first kappa shape index (κ1) is 15.3. The van der Waals surface area contributed by atoms with Crippen LogP contribution < -0.4 is 16.0 Å². The minimum atomic E-state index is 0.274. The Labute approximate surface area is 132 Å². The molecule has 3 heterocycles. The van der Waals surface area contributed by atoms with Crippen LogP contribution in [-0.2, 0) is 4.74 Å². The number of rotatable bonds is 5. The molecule has 0 bridgehead atoms. The molecular weight excluding hydrogens is 278 g/mol. The molecule has 6 heteroatoms. The predicted octanol–water partition coefficient (Wildman–Crippen LogP) is 2.42. The highest BCUT2D eigenvalue weighted by Gasteiger charge is 2.25. The second-order valence-corrected chi connectivity index (χ2v) is 6.23. The Bertz CT molecular complexity index is 489. The fourth-order valence-corrected chi connectivity index (χ4v) is 3.48. The lowest BCUT2D eigenvalue weighted by atomic mass is 10.00. The van der Waals surface area contributed by atoms with Gasteiger partial charge >= 0.3 is 0 Å². The summed E-state index contributed by atoms with van der Waals surface area (Å²) in [4.78, 5) is 11.1. The van der Waals surface area contributed by atoms with E-state index in [1.54, 1.807) is 6.33 Å². The van der Waals surface area contributed by atoms with Gasteiger partial charge < -0.3 is 20.7 Å². The molecule has 0 amide bonds. The van der Waals surface area contributed by atoms with Gasteiger partial charge in [-0.1, -0.05) is 6.92 Å². The monoisotopic (exact) mass is 305 g/mol. The smallest absolute Gasteiger partial charge is 0.157 e. The van der Waals surface area contributed by atoms with Gasteiger partial charge in [0.25, 0.3) is 0 Å². The minimum Gasteiger partial charge on any atom is -0.393 e. The van der Waals surface area contributed by atoms with Gasteiger partial charge in [0.2, 0.25) is 0 Å². The maximum atomic E-state index is 6.35. The summed E-state index contributed by atoms with van der Waals surface area (Å²) < 4.78 is 5.64. The number of anilines is 3. The Morgan fingerprint density at radius 3 is 3.00 bits per heavy atom. The van der Waals surface area contributed by atoms with Crippen molar-refractivity contribution in [3.63, 3.8) is 0 Å². The predicted molar refractivity (Wildman–Crippen MR) is 89.2 cm³/mol. The summed E-state index contributed by atoms with van der Waals surface area (Å²) in [6.07, 6.45) is 8.99. The molecule has 122 valence electrons. The van der Waals surface area contributed by atoms with Gasteiger partial charge in [0.1, 0.15) is 12.0 Å². The second kappa shape index (κ2) is 7.13. The molecule has 0 radical (unpaired) electrons. The Morgan fingerprint density at radius 1 is 1.32 bits per heavy atom. The molecule has 2 atom stereocenters. The third-order valence-electron chi connectivity index (χ3n) is 4.75. The van der Waals surface area contributed by atoms with Crippen LogP contribution >= 0.6 is 0 Å². The third kappa shape index (κ3) is 3.27. The average molecular weight is 305 g/mol. The maximum Gasteiger partial charge on any atom is 0.157 e. The fourth-order valence-electron chi connectivity index (χ4n) is 3.48. The number of nitrogens with two attached hydrogens (primary N) is 1. The first-order valence-electron chi connectivity index (χ1n) is 8.52. The van der Waals surface area contributed by atoms with E-state index in [4.69, 9.17) is 10.5 Å². The average Bonchev–Trinajstić information content (AvgIpc) is 3.07. The van der Waals surface area contributed by atoms with Crippen molar-refractivity contribution in [1.82, 2.24) is 9.97 Å². The summed E-state index contributed by atoms with van der Waals surface area (Å²) in [5.41, 5.74) is 7.01. The lowest BCUT2D eigenvalue weighted by Gasteiger charge is -2.36. The van der Waals surface area contributed by atoms with E-state index in [1.165, 1.54) is 19.3 Å². The molecule has 6 nitrogen and oxygen atoms in total. The molecule has 0 spiro atoms. The van der Waals surface area contributed by atoms with E-state index in [0.29, 0.717) is 11.7 Å². The van der Waals surface area contributed by atoms with Crippen LogP contribution in [0, 0.1) is 0 Å². The molecule has 3 N–H and O–H groups in total. The SMILES string of the molecule is CCC1CCCCN1c1ncnc(NCC2CCCO2)c1N. The second-order valence-electron chi connectivity index (χ2n) is 6.23. The Balaban J connectivity index is 1.72. The lowest BCUT2D eigenvalue weighted by molar-refractivity contribution is 0.120. The van der Waals surface area contributed by atoms with Crippen LogP contribution in [0.1, 0.15) is 45.4 Å². The number of nitrogens with zero attached hydrogens (tertiary/aromatic N) is 3. The lowest BCUT2D eigenvalue weighted by Crippen LogP contribution is -2.40. The van der Waals surface area contributed by atoms with E-state index < -0.39 is 0 Å². The zero-order valence-electron chi connectivity index (χ0n) is 13.4. The Morgan fingerprint density at radius 2 is 2.23 bits per heavy atom. The van der Waals surface area contributed by atoms with Gasteiger partial charge in [-0.25, -0.2) is 9.97 Å². The Kier molecular flexibility index (Phi) is 4.97. The molecule has 3 rings (SSSR count). The molecule has 2 saturated heterocycles. The van der Waals surface area contributed by atoms with Crippen molar-refractivity contribution in [3.05, 3.63) is 6.33 Å². The Hall–Kier alpha value is -1.56. The zero-order chi connectivity index (χ0) is 15.4. The highest BCUT2D eigenvalue weighted by atomic mass is 16.5. The van der Waals surface area contributed by atoms with Crippen LogP contribution in [0.3, 0.4) is 0 Å². The summed E-state index contributed by atoms with van der Waals surface area (Å²) in [6, 6.07) is 0.539. The quantitative estimate of drug-likeness (QED) is 0.870.